The van der Waals surface area contributed by atoms with Crippen LogP contribution >= 0.6 is 0 Å². The maximum absolute atomic E-state index is 13.1. The first-order valence-electron chi connectivity index (χ1n) is 9.36. The highest BCUT2D eigenvalue weighted by molar-refractivity contribution is 5.94. The molecule has 0 bridgehead atoms. The molecule has 1 atom stereocenters. The van der Waals surface area contributed by atoms with Gasteiger partial charge in [-0.2, -0.15) is 0 Å². The molecule has 1 amide bonds. The zero-order valence-corrected chi connectivity index (χ0v) is 15.1. The van der Waals surface area contributed by atoms with E-state index in [4.69, 9.17) is 9.26 Å². The van der Waals surface area contributed by atoms with Crippen LogP contribution in [0, 0.1) is 6.92 Å². The molecule has 1 aliphatic carbocycles. The van der Waals surface area contributed by atoms with E-state index in [0.717, 1.165) is 61.2 Å². The fourth-order valence-electron chi connectivity index (χ4n) is 3.84. The van der Waals surface area contributed by atoms with Gasteiger partial charge in [0.2, 0.25) is 0 Å². The maximum atomic E-state index is 13.1. The van der Waals surface area contributed by atoms with Crippen LogP contribution in [0.3, 0.4) is 0 Å². The van der Waals surface area contributed by atoms with E-state index >= 15 is 0 Å². The summed E-state index contributed by atoms with van der Waals surface area (Å²) in [5.41, 5.74) is 3.43. The van der Waals surface area contributed by atoms with Gasteiger partial charge in [-0.3, -0.25) is 14.8 Å². The van der Waals surface area contributed by atoms with Crippen LogP contribution in [-0.4, -0.2) is 51.7 Å². The van der Waals surface area contributed by atoms with Crippen LogP contribution in [-0.2, 0) is 24.0 Å². The van der Waals surface area contributed by atoms with Crippen molar-refractivity contribution in [3.63, 3.8) is 0 Å². The van der Waals surface area contributed by atoms with Crippen molar-refractivity contribution >= 4 is 5.91 Å². The maximum Gasteiger partial charge on any atom is 0.276 e. The quantitative estimate of drug-likeness (QED) is 0.835. The van der Waals surface area contributed by atoms with Crippen molar-refractivity contribution in [3.8, 4) is 0 Å². The summed E-state index contributed by atoms with van der Waals surface area (Å²) in [6.07, 6.45) is 8.94. The Morgan fingerprint density at radius 3 is 3.00 bits per heavy atom. The first-order chi connectivity index (χ1) is 12.7. The Balaban J connectivity index is 1.49. The second-order valence-corrected chi connectivity index (χ2v) is 6.99. The molecule has 0 spiro atoms. The number of carbonyl (C=O) groups is 1. The van der Waals surface area contributed by atoms with Crippen LogP contribution in [0.2, 0.25) is 0 Å². The third-order valence-corrected chi connectivity index (χ3v) is 5.34. The summed E-state index contributed by atoms with van der Waals surface area (Å²) in [4.78, 5) is 23.7. The standard InChI is InChI=1S/C19H24N4O3/c1-13-16(21-9-8-20-13)7-6-14-12-25-11-10-23(14)19(24)18-15-4-2-3-5-17(15)26-22-18/h8-9,14H,2-7,10-12H2,1H3. The van der Waals surface area contributed by atoms with Crippen molar-refractivity contribution in [1.82, 2.24) is 20.0 Å². The molecule has 7 heteroatoms. The Kier molecular flexibility index (Phi) is 4.97. The molecule has 0 saturated carbocycles. The third kappa shape index (κ3) is 3.35. The summed E-state index contributed by atoms with van der Waals surface area (Å²) in [6.45, 7) is 3.66. The predicted octanol–water partition coefficient (Wildman–Crippen LogP) is 2.13. The number of aryl methyl sites for hydroxylation is 3. The van der Waals surface area contributed by atoms with E-state index in [0.29, 0.717) is 25.5 Å². The van der Waals surface area contributed by atoms with E-state index in [1.165, 1.54) is 0 Å². The van der Waals surface area contributed by atoms with Crippen molar-refractivity contribution in [2.75, 3.05) is 19.8 Å². The van der Waals surface area contributed by atoms with Crippen LogP contribution in [0.5, 0.6) is 0 Å². The van der Waals surface area contributed by atoms with Gasteiger partial charge in [0.05, 0.1) is 30.6 Å². The smallest absolute Gasteiger partial charge is 0.276 e. The number of hydrogen-bond donors (Lipinski definition) is 0. The Morgan fingerprint density at radius 2 is 2.12 bits per heavy atom. The van der Waals surface area contributed by atoms with E-state index in [1.807, 2.05) is 11.8 Å². The van der Waals surface area contributed by atoms with Gasteiger partial charge in [-0.05, 0) is 39.0 Å². The fourth-order valence-corrected chi connectivity index (χ4v) is 3.84. The molecule has 7 nitrogen and oxygen atoms in total. The van der Waals surface area contributed by atoms with E-state index in [2.05, 4.69) is 15.1 Å². The van der Waals surface area contributed by atoms with E-state index in [1.54, 1.807) is 12.4 Å². The van der Waals surface area contributed by atoms with Crippen molar-refractivity contribution in [3.05, 3.63) is 40.8 Å². The predicted molar refractivity (Wildman–Crippen MR) is 93.9 cm³/mol. The molecule has 2 aromatic rings. The molecule has 26 heavy (non-hydrogen) atoms. The molecule has 3 heterocycles. The highest BCUT2D eigenvalue weighted by Crippen LogP contribution is 2.26. The largest absolute Gasteiger partial charge is 0.377 e. The number of rotatable bonds is 4. The summed E-state index contributed by atoms with van der Waals surface area (Å²) in [5, 5.41) is 4.11. The topological polar surface area (TPSA) is 81.4 Å². The van der Waals surface area contributed by atoms with Gasteiger partial charge in [0, 0.05) is 30.9 Å². The molecular weight excluding hydrogens is 332 g/mol. The molecule has 138 valence electrons. The molecule has 0 radical (unpaired) electrons. The van der Waals surface area contributed by atoms with Gasteiger partial charge in [-0.25, -0.2) is 0 Å². The molecule has 2 aliphatic rings. The molecule has 0 N–H and O–H groups in total. The highest BCUT2D eigenvalue weighted by atomic mass is 16.5. The lowest BCUT2D eigenvalue weighted by molar-refractivity contribution is -0.00468. The normalized spacial score (nSPS) is 20.0. The van der Waals surface area contributed by atoms with Gasteiger partial charge in [-0.1, -0.05) is 5.16 Å². The number of amides is 1. The molecule has 1 unspecified atom stereocenters. The molecule has 4 rings (SSSR count). The Bertz CT molecular complexity index is 789. The molecular formula is C19H24N4O3. The number of hydrogen-bond acceptors (Lipinski definition) is 6. The number of fused-ring (bicyclic) bond motifs is 1. The number of morpholine rings is 1. The third-order valence-electron chi connectivity index (χ3n) is 5.34. The first kappa shape index (κ1) is 17.1. The van der Waals surface area contributed by atoms with Crippen LogP contribution in [0.15, 0.2) is 16.9 Å². The Labute approximate surface area is 152 Å². The van der Waals surface area contributed by atoms with Crippen molar-refractivity contribution in [2.45, 2.75) is 51.5 Å². The van der Waals surface area contributed by atoms with Crippen molar-refractivity contribution in [1.29, 1.82) is 0 Å². The van der Waals surface area contributed by atoms with Gasteiger partial charge >= 0.3 is 0 Å². The zero-order valence-electron chi connectivity index (χ0n) is 15.1. The molecule has 1 fully saturated rings. The number of carbonyl (C=O) groups excluding carboxylic acids is 1. The van der Waals surface area contributed by atoms with Crippen LogP contribution < -0.4 is 0 Å². The molecule has 1 saturated heterocycles. The first-order valence-corrected chi connectivity index (χ1v) is 9.36. The summed E-state index contributed by atoms with van der Waals surface area (Å²) >= 11 is 0. The molecule has 1 aliphatic heterocycles. The van der Waals surface area contributed by atoms with Crippen molar-refractivity contribution in [2.24, 2.45) is 0 Å². The lowest BCUT2D eigenvalue weighted by Crippen LogP contribution is -2.49. The fraction of sp³-hybridized carbons (Fsp3) is 0.579. The van der Waals surface area contributed by atoms with Gasteiger partial charge < -0.3 is 14.2 Å². The van der Waals surface area contributed by atoms with E-state index < -0.39 is 0 Å². The highest BCUT2D eigenvalue weighted by Gasteiger charge is 2.33. The Morgan fingerprint density at radius 1 is 1.27 bits per heavy atom. The number of ether oxygens (including phenoxy) is 1. The SMILES string of the molecule is Cc1nccnc1CCC1COCCN1C(=O)c1noc2c1CCCC2. The minimum Gasteiger partial charge on any atom is -0.377 e. The second kappa shape index (κ2) is 7.53. The lowest BCUT2D eigenvalue weighted by atomic mass is 9.95. The summed E-state index contributed by atoms with van der Waals surface area (Å²) in [7, 11) is 0. The Hall–Kier alpha value is -2.28. The number of nitrogens with zero attached hydrogens (tertiary/aromatic N) is 4. The van der Waals surface area contributed by atoms with Gasteiger partial charge in [0.15, 0.2) is 5.69 Å². The van der Waals surface area contributed by atoms with Gasteiger partial charge in [0.1, 0.15) is 5.76 Å². The lowest BCUT2D eigenvalue weighted by Gasteiger charge is -2.35. The van der Waals surface area contributed by atoms with Gasteiger partial charge in [0.25, 0.3) is 5.91 Å². The summed E-state index contributed by atoms with van der Waals surface area (Å²) < 4.78 is 11.1. The zero-order chi connectivity index (χ0) is 17.9. The summed E-state index contributed by atoms with van der Waals surface area (Å²) in [5.74, 6) is 0.862. The number of aromatic nitrogens is 3. The summed E-state index contributed by atoms with van der Waals surface area (Å²) in [6, 6.07) is 0.0218. The average Bonchev–Trinajstić information content (AvgIpc) is 3.11. The van der Waals surface area contributed by atoms with Crippen molar-refractivity contribution < 1.29 is 14.1 Å². The second-order valence-electron chi connectivity index (χ2n) is 6.99. The van der Waals surface area contributed by atoms with Crippen LogP contribution in [0.25, 0.3) is 0 Å². The van der Waals surface area contributed by atoms with Crippen LogP contribution in [0.1, 0.15) is 52.5 Å². The monoisotopic (exact) mass is 356 g/mol. The van der Waals surface area contributed by atoms with Gasteiger partial charge in [-0.15, -0.1) is 0 Å². The van der Waals surface area contributed by atoms with Crippen LogP contribution in [0.4, 0.5) is 0 Å². The molecule has 0 aromatic carbocycles. The minimum atomic E-state index is -0.0268. The average molecular weight is 356 g/mol. The van der Waals surface area contributed by atoms with E-state index in [-0.39, 0.29) is 11.9 Å². The minimum absolute atomic E-state index is 0.0218. The van der Waals surface area contributed by atoms with E-state index in [9.17, 15) is 4.79 Å². The molecule has 2 aromatic heterocycles.